The first-order chi connectivity index (χ1) is 28.5. The lowest BCUT2D eigenvalue weighted by atomic mass is 9.36. The van der Waals surface area contributed by atoms with Crippen molar-refractivity contribution >= 4 is 97.0 Å². The Labute approximate surface area is 336 Å². The highest BCUT2D eigenvalue weighted by atomic mass is 14.7. The average molecular weight is 737 g/mol. The van der Waals surface area contributed by atoms with E-state index < -0.39 is 0 Å². The number of hydrogen-bond donors (Lipinski definition) is 0. The summed E-state index contributed by atoms with van der Waals surface area (Å²) < 4.78 is 0. The van der Waals surface area contributed by atoms with Crippen molar-refractivity contribution in [2.24, 2.45) is 5.92 Å². The van der Waals surface area contributed by atoms with Crippen LogP contribution in [0.5, 0.6) is 0 Å². The maximum atomic E-state index is 2.64. The van der Waals surface area contributed by atoms with E-state index >= 15 is 0 Å². The molecule has 4 aliphatic rings. The highest BCUT2D eigenvalue weighted by Crippen LogP contribution is 2.71. The van der Waals surface area contributed by atoms with Crippen LogP contribution in [-0.4, -0.2) is 0 Å². The summed E-state index contributed by atoms with van der Waals surface area (Å²) in [4.78, 5) is 0. The molecule has 0 heteroatoms. The summed E-state index contributed by atoms with van der Waals surface area (Å²) in [6.07, 6.45) is 7.50. The first-order valence-corrected chi connectivity index (χ1v) is 21.6. The first kappa shape index (κ1) is 30.8. The van der Waals surface area contributed by atoms with Gasteiger partial charge in [-0.2, -0.15) is 0 Å². The zero-order valence-corrected chi connectivity index (χ0v) is 32.4. The third kappa shape index (κ3) is 3.79. The molecule has 0 amide bonds. The predicted molar refractivity (Wildman–Crippen MR) is 247 cm³/mol. The molecule has 0 radical (unpaired) electrons. The van der Waals surface area contributed by atoms with Crippen LogP contribution in [0.4, 0.5) is 0 Å². The zero-order valence-electron chi connectivity index (χ0n) is 32.4. The zero-order chi connectivity index (χ0) is 37.5. The lowest BCUT2D eigenvalue weighted by Gasteiger charge is -2.67. The Bertz CT molecular complexity index is 3120. The summed E-state index contributed by atoms with van der Waals surface area (Å²) in [5.74, 6) is 0.665. The molecule has 0 aliphatic heterocycles. The fourth-order valence-electron chi connectivity index (χ4n) is 14.6. The maximum absolute atomic E-state index is 2.64. The molecule has 16 rings (SSSR count). The van der Waals surface area contributed by atoms with E-state index in [0.29, 0.717) is 5.92 Å². The summed E-state index contributed by atoms with van der Waals surface area (Å²) in [6.45, 7) is 0. The summed E-state index contributed by atoms with van der Waals surface area (Å²) >= 11 is 0. The van der Waals surface area contributed by atoms with Crippen LogP contribution in [0.2, 0.25) is 0 Å². The van der Waals surface area contributed by atoms with Crippen LogP contribution in [0.15, 0.2) is 164 Å². The SMILES string of the molecule is c1cc2ccc3cc(C45CC6CC(c7cc8ccc9cccc%10ccc(c7)c8c9%10)(C4)CC(c4cc7ccc8cccc9ccc(c4)c7c89)(C6)C5)cc4ccc(c1)c2c34. The summed E-state index contributed by atoms with van der Waals surface area (Å²) in [7, 11) is 0. The quantitative estimate of drug-likeness (QED) is 0.158. The van der Waals surface area contributed by atoms with E-state index in [-0.39, 0.29) is 16.2 Å². The monoisotopic (exact) mass is 736 g/mol. The third-order valence-corrected chi connectivity index (χ3v) is 16.3. The van der Waals surface area contributed by atoms with E-state index in [0.717, 1.165) is 0 Å². The second kappa shape index (κ2) is 10.2. The first-order valence-electron chi connectivity index (χ1n) is 21.6. The fourth-order valence-corrected chi connectivity index (χ4v) is 14.6. The smallest absolute Gasteiger partial charge is 0.00266 e. The van der Waals surface area contributed by atoms with Crippen molar-refractivity contribution in [2.45, 2.75) is 54.8 Å². The van der Waals surface area contributed by atoms with Gasteiger partial charge in [-0.1, -0.05) is 164 Å². The largest absolute Gasteiger partial charge is 0.0610 e. The highest BCUT2D eigenvalue weighted by molar-refractivity contribution is 6.25. The molecule has 0 unspecified atom stereocenters. The van der Waals surface area contributed by atoms with Gasteiger partial charge < -0.3 is 0 Å². The van der Waals surface area contributed by atoms with Crippen LogP contribution in [0.1, 0.15) is 55.2 Å². The van der Waals surface area contributed by atoms with Crippen molar-refractivity contribution in [2.75, 3.05) is 0 Å². The van der Waals surface area contributed by atoms with Crippen LogP contribution in [0, 0.1) is 5.92 Å². The number of rotatable bonds is 3. The van der Waals surface area contributed by atoms with Crippen molar-refractivity contribution in [1.29, 1.82) is 0 Å². The third-order valence-electron chi connectivity index (χ3n) is 16.3. The Hall–Kier alpha value is -6.24. The average Bonchev–Trinajstić information content (AvgIpc) is 3.26. The summed E-state index contributed by atoms with van der Waals surface area (Å²) in [5, 5.41) is 25.1. The Balaban J connectivity index is 0.990. The molecule has 0 aromatic heterocycles. The number of benzene rings is 12. The van der Waals surface area contributed by atoms with Gasteiger partial charge in [0.25, 0.3) is 0 Å². The van der Waals surface area contributed by atoms with Crippen LogP contribution in [0.3, 0.4) is 0 Å². The molecule has 4 saturated carbocycles. The van der Waals surface area contributed by atoms with Crippen molar-refractivity contribution in [3.8, 4) is 0 Å². The Morgan fingerprint density at radius 3 is 0.707 bits per heavy atom. The second-order valence-electron chi connectivity index (χ2n) is 19.4. The minimum atomic E-state index is 0.0844. The van der Waals surface area contributed by atoms with E-state index in [1.165, 1.54) is 135 Å². The molecule has 58 heavy (non-hydrogen) atoms. The van der Waals surface area contributed by atoms with Gasteiger partial charge >= 0.3 is 0 Å². The van der Waals surface area contributed by atoms with Gasteiger partial charge in [-0.25, -0.2) is 0 Å². The van der Waals surface area contributed by atoms with Gasteiger partial charge in [0.15, 0.2) is 0 Å². The van der Waals surface area contributed by atoms with Gasteiger partial charge in [-0.3, -0.25) is 0 Å². The van der Waals surface area contributed by atoms with Crippen LogP contribution >= 0.6 is 0 Å². The molecule has 12 aromatic carbocycles. The standard InChI is InChI=1S/C58H40/c1-4-35-10-16-41-22-47(23-42-17-11-36(5-1)50(35)53(41)42)56-28-34-29-57(31-56,48-24-43-18-12-37-6-2-7-38-13-19-44(25-48)54(43)51(37)38)33-58(30-34,32-56)49-26-45-20-14-39-8-3-9-40-15-21-46(27-49)55(45)52(39)40/h1-27,34H,28-33H2. The van der Waals surface area contributed by atoms with E-state index in [2.05, 4.69) is 164 Å². The molecule has 4 aliphatic carbocycles. The van der Waals surface area contributed by atoms with Gasteiger partial charge in [0.1, 0.15) is 0 Å². The molecular weight excluding hydrogens is 697 g/mol. The van der Waals surface area contributed by atoms with Gasteiger partial charge in [0.2, 0.25) is 0 Å². The van der Waals surface area contributed by atoms with Crippen LogP contribution in [0.25, 0.3) is 97.0 Å². The minimum Gasteiger partial charge on any atom is -0.0610 e. The lowest BCUT2D eigenvalue weighted by molar-refractivity contribution is -0.0491. The molecule has 4 fully saturated rings. The van der Waals surface area contributed by atoms with Crippen molar-refractivity contribution in [3.05, 3.63) is 180 Å². The second-order valence-corrected chi connectivity index (χ2v) is 19.4. The molecule has 0 saturated heterocycles. The molecular formula is C58H40. The molecule has 0 heterocycles. The Morgan fingerprint density at radius 2 is 0.466 bits per heavy atom. The molecule has 0 N–H and O–H groups in total. The molecule has 272 valence electrons. The Morgan fingerprint density at radius 1 is 0.259 bits per heavy atom. The normalized spacial score (nSPS) is 24.5. The van der Waals surface area contributed by atoms with Crippen LogP contribution < -0.4 is 0 Å². The molecule has 0 atom stereocenters. The van der Waals surface area contributed by atoms with Crippen LogP contribution in [-0.2, 0) is 16.2 Å². The van der Waals surface area contributed by atoms with E-state index in [9.17, 15) is 0 Å². The Kier molecular flexibility index (Phi) is 5.45. The van der Waals surface area contributed by atoms with Crippen molar-refractivity contribution in [1.82, 2.24) is 0 Å². The van der Waals surface area contributed by atoms with E-state index in [4.69, 9.17) is 0 Å². The molecule has 12 aromatic rings. The van der Waals surface area contributed by atoms with Gasteiger partial charge in [0, 0.05) is 0 Å². The lowest BCUT2D eigenvalue weighted by Crippen LogP contribution is -2.62. The van der Waals surface area contributed by atoms with Gasteiger partial charge in [-0.05, 0) is 174 Å². The van der Waals surface area contributed by atoms with E-state index in [1.807, 2.05) is 0 Å². The number of hydrogen-bond acceptors (Lipinski definition) is 0. The molecule has 0 nitrogen and oxygen atoms in total. The highest BCUT2D eigenvalue weighted by Gasteiger charge is 2.64. The minimum absolute atomic E-state index is 0.0844. The van der Waals surface area contributed by atoms with Gasteiger partial charge in [-0.15, -0.1) is 0 Å². The fraction of sp³-hybridized carbons (Fsp3) is 0.172. The molecule has 0 spiro atoms. The molecule has 4 bridgehead atoms. The summed E-state index contributed by atoms with van der Waals surface area (Å²) in [5.41, 5.74) is 4.98. The summed E-state index contributed by atoms with van der Waals surface area (Å²) in [6, 6.07) is 64.9. The van der Waals surface area contributed by atoms with Gasteiger partial charge in [0.05, 0.1) is 0 Å². The topological polar surface area (TPSA) is 0 Å². The van der Waals surface area contributed by atoms with Crippen molar-refractivity contribution in [3.63, 3.8) is 0 Å². The van der Waals surface area contributed by atoms with E-state index in [1.54, 1.807) is 16.7 Å². The van der Waals surface area contributed by atoms with Crippen molar-refractivity contribution < 1.29 is 0 Å². The maximum Gasteiger partial charge on any atom is -0.00266 e. The predicted octanol–water partition coefficient (Wildman–Crippen LogP) is 15.5.